The summed E-state index contributed by atoms with van der Waals surface area (Å²) < 4.78 is 2.21. The van der Waals surface area contributed by atoms with E-state index in [2.05, 4.69) is 54.3 Å². The number of nitrogens with one attached hydrogen (secondary N) is 1. The van der Waals surface area contributed by atoms with Gasteiger partial charge in [-0.2, -0.15) is 0 Å². The van der Waals surface area contributed by atoms with E-state index in [1.165, 1.54) is 10.4 Å². The van der Waals surface area contributed by atoms with E-state index in [0.29, 0.717) is 0 Å². The van der Waals surface area contributed by atoms with Crippen molar-refractivity contribution in [2.45, 2.75) is 6.04 Å². The van der Waals surface area contributed by atoms with Gasteiger partial charge in [-0.05, 0) is 56.6 Å². The summed E-state index contributed by atoms with van der Waals surface area (Å²) in [5, 5.41) is 3.30. The van der Waals surface area contributed by atoms with Gasteiger partial charge in [0.05, 0.1) is 9.83 Å². The van der Waals surface area contributed by atoms with E-state index in [1.54, 1.807) is 17.5 Å². The normalized spacial score (nSPS) is 12.7. The van der Waals surface area contributed by atoms with Gasteiger partial charge in [0, 0.05) is 21.7 Å². The first-order valence-corrected chi connectivity index (χ1v) is 7.14. The van der Waals surface area contributed by atoms with E-state index in [1.807, 2.05) is 19.3 Å². The highest BCUT2D eigenvalue weighted by Crippen LogP contribution is 2.37. The molecule has 1 unspecified atom stereocenters. The van der Waals surface area contributed by atoms with E-state index in [4.69, 9.17) is 0 Å². The van der Waals surface area contributed by atoms with Crippen LogP contribution in [0.15, 0.2) is 38.9 Å². The average Bonchev–Trinajstić information content (AvgIpc) is 2.61. The molecule has 0 aliphatic carbocycles. The van der Waals surface area contributed by atoms with E-state index >= 15 is 0 Å². The lowest BCUT2D eigenvalue weighted by Crippen LogP contribution is -2.16. The molecule has 0 saturated heterocycles. The van der Waals surface area contributed by atoms with Crippen molar-refractivity contribution in [3.8, 4) is 0 Å². The zero-order chi connectivity index (χ0) is 11.5. The molecule has 2 nitrogen and oxygen atoms in total. The highest BCUT2D eigenvalue weighted by molar-refractivity contribution is 9.13. The Bertz CT molecular complexity index is 451. The third kappa shape index (κ3) is 2.53. The summed E-state index contributed by atoms with van der Waals surface area (Å²) in [7, 11) is 1.96. The summed E-state index contributed by atoms with van der Waals surface area (Å²) in [4.78, 5) is 5.41. The number of hydrogen-bond acceptors (Lipinski definition) is 3. The SMILES string of the molecule is CNC(c1cccnc1)c1cc(Br)c(Br)s1. The zero-order valence-corrected chi connectivity index (χ0v) is 12.6. The number of nitrogens with zero attached hydrogens (tertiary/aromatic N) is 1. The molecule has 2 aromatic heterocycles. The molecule has 2 rings (SSSR count). The first kappa shape index (κ1) is 12.2. The first-order chi connectivity index (χ1) is 7.72. The van der Waals surface area contributed by atoms with Gasteiger partial charge in [-0.15, -0.1) is 11.3 Å². The molecule has 0 spiro atoms. The number of aromatic nitrogens is 1. The van der Waals surface area contributed by atoms with Crippen LogP contribution >= 0.6 is 43.2 Å². The Labute approximate surface area is 115 Å². The topological polar surface area (TPSA) is 24.9 Å². The second-order valence-electron chi connectivity index (χ2n) is 3.28. The Morgan fingerprint density at radius 3 is 2.75 bits per heavy atom. The lowest BCUT2D eigenvalue weighted by atomic mass is 10.1. The van der Waals surface area contributed by atoms with Crippen LogP contribution in [0.3, 0.4) is 0 Å². The maximum atomic E-state index is 4.15. The van der Waals surface area contributed by atoms with Gasteiger partial charge in [-0.25, -0.2) is 0 Å². The van der Waals surface area contributed by atoms with E-state index in [9.17, 15) is 0 Å². The number of rotatable bonds is 3. The molecule has 16 heavy (non-hydrogen) atoms. The summed E-state index contributed by atoms with van der Waals surface area (Å²) in [6.45, 7) is 0. The molecule has 0 amide bonds. The van der Waals surface area contributed by atoms with Crippen molar-refractivity contribution in [3.05, 3.63) is 49.3 Å². The summed E-state index contributed by atoms with van der Waals surface area (Å²) in [6, 6.07) is 6.36. The van der Waals surface area contributed by atoms with Crippen molar-refractivity contribution in [1.29, 1.82) is 0 Å². The molecule has 1 N–H and O–H groups in total. The van der Waals surface area contributed by atoms with Crippen molar-refractivity contribution < 1.29 is 0 Å². The third-order valence-electron chi connectivity index (χ3n) is 2.26. The molecule has 2 aromatic rings. The molecule has 0 bridgehead atoms. The van der Waals surface area contributed by atoms with E-state index < -0.39 is 0 Å². The fourth-order valence-corrected chi connectivity index (χ4v) is 3.75. The number of pyridine rings is 1. The minimum atomic E-state index is 0.196. The lowest BCUT2D eigenvalue weighted by molar-refractivity contribution is 0.700. The molecular weight excluding hydrogens is 352 g/mol. The molecule has 2 heterocycles. The Morgan fingerprint density at radius 1 is 1.44 bits per heavy atom. The summed E-state index contributed by atoms with van der Waals surface area (Å²) in [6.07, 6.45) is 3.68. The number of hydrogen-bond donors (Lipinski definition) is 1. The highest BCUT2D eigenvalue weighted by atomic mass is 79.9. The van der Waals surface area contributed by atoms with Crippen LogP contribution in [-0.4, -0.2) is 12.0 Å². The van der Waals surface area contributed by atoms with Gasteiger partial charge in [-0.1, -0.05) is 6.07 Å². The molecular formula is C11H10Br2N2S. The second kappa shape index (κ2) is 5.40. The van der Waals surface area contributed by atoms with Crippen LogP contribution in [0, 0.1) is 0 Å². The molecule has 5 heteroatoms. The molecule has 1 atom stereocenters. The predicted octanol–water partition coefficient (Wildman–Crippen LogP) is 3.98. The van der Waals surface area contributed by atoms with Crippen molar-refractivity contribution >= 4 is 43.2 Å². The Balaban J connectivity index is 2.37. The predicted molar refractivity (Wildman–Crippen MR) is 74.9 cm³/mol. The van der Waals surface area contributed by atoms with Crippen LogP contribution in [0.25, 0.3) is 0 Å². The first-order valence-electron chi connectivity index (χ1n) is 4.74. The van der Waals surface area contributed by atoms with Crippen LogP contribution in [-0.2, 0) is 0 Å². The summed E-state index contributed by atoms with van der Waals surface area (Å²) in [5.74, 6) is 0. The molecule has 0 aliphatic rings. The lowest BCUT2D eigenvalue weighted by Gasteiger charge is -2.13. The van der Waals surface area contributed by atoms with Crippen molar-refractivity contribution in [3.63, 3.8) is 0 Å². The van der Waals surface area contributed by atoms with Crippen molar-refractivity contribution in [2.24, 2.45) is 0 Å². The van der Waals surface area contributed by atoms with Gasteiger partial charge in [0.2, 0.25) is 0 Å². The minimum Gasteiger partial charge on any atom is -0.309 e. The number of halogens is 2. The maximum Gasteiger partial charge on any atom is 0.0843 e. The average molecular weight is 362 g/mol. The fraction of sp³-hybridized carbons (Fsp3) is 0.182. The molecule has 0 radical (unpaired) electrons. The van der Waals surface area contributed by atoms with E-state index in [-0.39, 0.29) is 6.04 Å². The minimum absolute atomic E-state index is 0.196. The van der Waals surface area contributed by atoms with Gasteiger partial charge >= 0.3 is 0 Å². The maximum absolute atomic E-state index is 4.15. The Morgan fingerprint density at radius 2 is 2.25 bits per heavy atom. The van der Waals surface area contributed by atoms with Crippen LogP contribution in [0.5, 0.6) is 0 Å². The third-order valence-corrected chi connectivity index (χ3v) is 5.58. The van der Waals surface area contributed by atoms with E-state index in [0.717, 1.165) is 8.26 Å². The molecule has 0 aromatic carbocycles. The standard InChI is InChI=1S/C11H10Br2N2S/c1-14-10(7-3-2-4-15-6-7)9-5-8(12)11(13)16-9/h2-6,10,14H,1H3. The van der Waals surface area contributed by atoms with Gasteiger partial charge in [0.1, 0.15) is 0 Å². The second-order valence-corrected chi connectivity index (χ2v) is 6.53. The monoisotopic (exact) mass is 360 g/mol. The summed E-state index contributed by atoms with van der Waals surface area (Å²) in [5.41, 5.74) is 1.17. The van der Waals surface area contributed by atoms with Gasteiger partial charge < -0.3 is 5.32 Å². The van der Waals surface area contributed by atoms with Gasteiger partial charge in [0.15, 0.2) is 0 Å². The molecule has 0 aliphatic heterocycles. The summed E-state index contributed by atoms with van der Waals surface area (Å²) >= 11 is 8.74. The van der Waals surface area contributed by atoms with Gasteiger partial charge in [-0.3, -0.25) is 4.98 Å². The highest BCUT2D eigenvalue weighted by Gasteiger charge is 2.15. The molecule has 84 valence electrons. The van der Waals surface area contributed by atoms with Crippen molar-refractivity contribution in [2.75, 3.05) is 7.05 Å². The van der Waals surface area contributed by atoms with Crippen LogP contribution < -0.4 is 5.32 Å². The fourth-order valence-electron chi connectivity index (χ4n) is 1.53. The largest absolute Gasteiger partial charge is 0.309 e. The van der Waals surface area contributed by atoms with Crippen LogP contribution in [0.4, 0.5) is 0 Å². The van der Waals surface area contributed by atoms with Gasteiger partial charge in [0.25, 0.3) is 0 Å². The molecule has 0 fully saturated rings. The zero-order valence-electron chi connectivity index (χ0n) is 8.58. The number of thiophene rings is 1. The van der Waals surface area contributed by atoms with Crippen LogP contribution in [0.1, 0.15) is 16.5 Å². The van der Waals surface area contributed by atoms with Crippen molar-refractivity contribution in [1.82, 2.24) is 10.3 Å². The Hall–Kier alpha value is -0.230. The quantitative estimate of drug-likeness (QED) is 0.894. The smallest absolute Gasteiger partial charge is 0.0843 e. The Kier molecular flexibility index (Phi) is 4.13. The molecule has 0 saturated carbocycles. The van der Waals surface area contributed by atoms with Crippen LogP contribution in [0.2, 0.25) is 0 Å².